The number of halogens is 1. The van der Waals surface area contributed by atoms with Crippen LogP contribution in [0.25, 0.3) is 5.69 Å². The van der Waals surface area contributed by atoms with Gasteiger partial charge < -0.3 is 19.9 Å². The SMILES string of the molecule is COc1cc(C(C)Nc2cnn(-c3ccccc3)c(=O)c2Cl)ccc1OCCO. The summed E-state index contributed by atoms with van der Waals surface area (Å²) in [6.45, 7) is 2.04. The number of anilines is 1. The number of hydrogen-bond donors (Lipinski definition) is 2. The average molecular weight is 416 g/mol. The lowest BCUT2D eigenvalue weighted by Crippen LogP contribution is -2.23. The summed E-state index contributed by atoms with van der Waals surface area (Å²) in [7, 11) is 1.55. The van der Waals surface area contributed by atoms with Crippen molar-refractivity contribution in [1.29, 1.82) is 0 Å². The molecule has 1 heterocycles. The van der Waals surface area contributed by atoms with E-state index in [-0.39, 0.29) is 24.3 Å². The predicted octanol–water partition coefficient (Wildman–Crippen LogP) is 3.44. The number of benzene rings is 2. The van der Waals surface area contributed by atoms with Gasteiger partial charge in [0.15, 0.2) is 11.5 Å². The molecule has 0 aliphatic carbocycles. The number of aliphatic hydroxyl groups excluding tert-OH is 1. The zero-order valence-corrected chi connectivity index (χ0v) is 16.9. The highest BCUT2D eigenvalue weighted by Crippen LogP contribution is 2.32. The van der Waals surface area contributed by atoms with Gasteiger partial charge in [0.25, 0.3) is 5.56 Å². The molecule has 152 valence electrons. The number of ether oxygens (including phenoxy) is 2. The van der Waals surface area contributed by atoms with Gasteiger partial charge in [-0.25, -0.2) is 0 Å². The molecule has 1 aromatic heterocycles. The van der Waals surface area contributed by atoms with Gasteiger partial charge in [0, 0.05) is 6.04 Å². The zero-order chi connectivity index (χ0) is 20.8. The van der Waals surface area contributed by atoms with Crippen molar-refractivity contribution in [2.24, 2.45) is 0 Å². The minimum absolute atomic E-state index is 0.0607. The van der Waals surface area contributed by atoms with Gasteiger partial charge in [0.05, 0.1) is 31.3 Å². The second-order valence-corrected chi connectivity index (χ2v) is 6.65. The second kappa shape index (κ2) is 9.45. The number of hydrogen-bond acceptors (Lipinski definition) is 6. The van der Waals surface area contributed by atoms with Gasteiger partial charge in [-0.3, -0.25) is 4.79 Å². The van der Waals surface area contributed by atoms with Crippen LogP contribution in [0.3, 0.4) is 0 Å². The van der Waals surface area contributed by atoms with Crippen LogP contribution in [0.2, 0.25) is 5.02 Å². The zero-order valence-electron chi connectivity index (χ0n) is 16.1. The molecular formula is C21H22ClN3O4. The Morgan fingerprint density at radius 3 is 2.66 bits per heavy atom. The molecule has 1 unspecified atom stereocenters. The first kappa shape index (κ1) is 20.7. The number of nitrogens with zero attached hydrogens (tertiary/aromatic N) is 2. The summed E-state index contributed by atoms with van der Waals surface area (Å²) >= 11 is 6.32. The van der Waals surface area contributed by atoms with Gasteiger partial charge in [-0.05, 0) is 36.8 Å². The third-order valence-electron chi connectivity index (χ3n) is 4.33. The summed E-state index contributed by atoms with van der Waals surface area (Å²) in [5.74, 6) is 1.09. The average Bonchev–Trinajstić information content (AvgIpc) is 2.76. The summed E-state index contributed by atoms with van der Waals surface area (Å²) in [6.07, 6.45) is 1.53. The first-order valence-corrected chi connectivity index (χ1v) is 9.44. The Labute approximate surface area is 173 Å². The first-order valence-electron chi connectivity index (χ1n) is 9.06. The second-order valence-electron chi connectivity index (χ2n) is 6.27. The lowest BCUT2D eigenvalue weighted by atomic mass is 10.1. The summed E-state index contributed by atoms with van der Waals surface area (Å²) in [5, 5.41) is 16.4. The first-order chi connectivity index (χ1) is 14.0. The van der Waals surface area contributed by atoms with Gasteiger partial charge in [0.1, 0.15) is 11.6 Å². The highest BCUT2D eigenvalue weighted by atomic mass is 35.5. The molecule has 0 saturated carbocycles. The molecule has 7 nitrogen and oxygen atoms in total. The van der Waals surface area contributed by atoms with E-state index in [0.717, 1.165) is 5.56 Å². The number of para-hydroxylation sites is 1. The van der Waals surface area contributed by atoms with E-state index in [4.69, 9.17) is 26.2 Å². The van der Waals surface area contributed by atoms with Crippen LogP contribution in [0.4, 0.5) is 5.69 Å². The van der Waals surface area contributed by atoms with Crippen LogP contribution in [0.15, 0.2) is 59.5 Å². The minimum Gasteiger partial charge on any atom is -0.493 e. The fourth-order valence-corrected chi connectivity index (χ4v) is 3.01. The van der Waals surface area contributed by atoms with Crippen molar-refractivity contribution < 1.29 is 14.6 Å². The Balaban J connectivity index is 1.83. The molecular weight excluding hydrogens is 394 g/mol. The van der Waals surface area contributed by atoms with Crippen molar-refractivity contribution in [2.45, 2.75) is 13.0 Å². The van der Waals surface area contributed by atoms with Crippen LogP contribution >= 0.6 is 11.6 Å². The van der Waals surface area contributed by atoms with Gasteiger partial charge >= 0.3 is 0 Å². The molecule has 0 amide bonds. The number of aliphatic hydroxyl groups is 1. The molecule has 0 saturated heterocycles. The quantitative estimate of drug-likeness (QED) is 0.586. The van der Waals surface area contributed by atoms with Crippen LogP contribution in [0.1, 0.15) is 18.5 Å². The van der Waals surface area contributed by atoms with Crippen molar-refractivity contribution in [3.8, 4) is 17.2 Å². The monoisotopic (exact) mass is 415 g/mol. The molecule has 0 bridgehead atoms. The molecule has 2 N–H and O–H groups in total. The van der Waals surface area contributed by atoms with Crippen LogP contribution in [0, 0.1) is 0 Å². The Bertz CT molecular complexity index is 1020. The molecule has 0 aliphatic rings. The van der Waals surface area contributed by atoms with Crippen molar-refractivity contribution in [1.82, 2.24) is 9.78 Å². The third-order valence-corrected chi connectivity index (χ3v) is 4.69. The fourth-order valence-electron chi connectivity index (χ4n) is 2.83. The number of methoxy groups -OCH3 is 1. The number of nitrogens with one attached hydrogen (secondary N) is 1. The van der Waals surface area contributed by atoms with E-state index in [2.05, 4.69) is 10.4 Å². The van der Waals surface area contributed by atoms with Crippen LogP contribution < -0.4 is 20.3 Å². The maximum Gasteiger partial charge on any atom is 0.292 e. The van der Waals surface area contributed by atoms with Crippen LogP contribution in [0.5, 0.6) is 11.5 Å². The fraction of sp³-hybridized carbons (Fsp3) is 0.238. The van der Waals surface area contributed by atoms with E-state index < -0.39 is 5.56 Å². The lowest BCUT2D eigenvalue weighted by Gasteiger charge is -2.19. The molecule has 0 fully saturated rings. The number of rotatable bonds is 8. The molecule has 0 spiro atoms. The standard InChI is InChI=1S/C21H22ClN3O4/c1-14(15-8-9-18(29-11-10-26)19(12-15)28-2)24-17-13-23-25(21(27)20(17)22)16-6-4-3-5-7-16/h3-9,12-14,24,26H,10-11H2,1-2H3. The van der Waals surface area contributed by atoms with Gasteiger partial charge in [0.2, 0.25) is 0 Å². The Morgan fingerprint density at radius 1 is 1.21 bits per heavy atom. The van der Waals surface area contributed by atoms with Gasteiger partial charge in [-0.2, -0.15) is 9.78 Å². The van der Waals surface area contributed by atoms with E-state index in [9.17, 15) is 4.79 Å². The van der Waals surface area contributed by atoms with E-state index in [0.29, 0.717) is 22.9 Å². The molecule has 8 heteroatoms. The number of aromatic nitrogens is 2. The highest BCUT2D eigenvalue weighted by Gasteiger charge is 2.15. The Hall–Kier alpha value is -3.03. The minimum atomic E-state index is -0.402. The van der Waals surface area contributed by atoms with Crippen molar-refractivity contribution >= 4 is 17.3 Å². The smallest absolute Gasteiger partial charge is 0.292 e. The normalized spacial score (nSPS) is 11.7. The van der Waals surface area contributed by atoms with Crippen molar-refractivity contribution in [3.05, 3.63) is 75.7 Å². The summed E-state index contributed by atoms with van der Waals surface area (Å²) in [5.41, 5.74) is 1.58. The predicted molar refractivity (Wildman–Crippen MR) is 112 cm³/mol. The Kier molecular flexibility index (Phi) is 6.74. The molecule has 2 aromatic carbocycles. The Morgan fingerprint density at radius 2 is 1.97 bits per heavy atom. The van der Waals surface area contributed by atoms with Crippen molar-refractivity contribution in [2.75, 3.05) is 25.6 Å². The summed E-state index contributed by atoms with van der Waals surface area (Å²) < 4.78 is 12.1. The van der Waals surface area contributed by atoms with E-state index in [1.807, 2.05) is 37.3 Å². The molecule has 3 rings (SSSR count). The molecule has 0 radical (unpaired) electrons. The molecule has 29 heavy (non-hydrogen) atoms. The molecule has 1 atom stereocenters. The highest BCUT2D eigenvalue weighted by molar-refractivity contribution is 6.33. The van der Waals surface area contributed by atoms with E-state index >= 15 is 0 Å². The largest absolute Gasteiger partial charge is 0.493 e. The maximum atomic E-state index is 12.6. The van der Waals surface area contributed by atoms with E-state index in [1.165, 1.54) is 10.9 Å². The van der Waals surface area contributed by atoms with Crippen molar-refractivity contribution in [3.63, 3.8) is 0 Å². The topological polar surface area (TPSA) is 85.6 Å². The third kappa shape index (κ3) is 4.70. The van der Waals surface area contributed by atoms with Crippen LogP contribution in [-0.2, 0) is 0 Å². The maximum absolute atomic E-state index is 12.6. The summed E-state index contributed by atoms with van der Waals surface area (Å²) in [6, 6.07) is 14.4. The summed E-state index contributed by atoms with van der Waals surface area (Å²) in [4.78, 5) is 12.6. The lowest BCUT2D eigenvalue weighted by molar-refractivity contribution is 0.196. The van der Waals surface area contributed by atoms with E-state index in [1.54, 1.807) is 25.3 Å². The van der Waals surface area contributed by atoms with Crippen LogP contribution in [-0.4, -0.2) is 35.2 Å². The van der Waals surface area contributed by atoms with Gasteiger partial charge in [-0.15, -0.1) is 0 Å². The molecule has 3 aromatic rings. The van der Waals surface area contributed by atoms with Gasteiger partial charge in [-0.1, -0.05) is 35.9 Å². The molecule has 0 aliphatic heterocycles.